The van der Waals surface area contributed by atoms with Crippen LogP contribution in [0.25, 0.3) is 32.4 Å². The number of carbonyl (C=O) groups is 1. The van der Waals surface area contributed by atoms with Crippen molar-refractivity contribution in [1.29, 1.82) is 0 Å². The van der Waals surface area contributed by atoms with Gasteiger partial charge in [0.15, 0.2) is 11.9 Å². The van der Waals surface area contributed by atoms with E-state index in [1.165, 1.54) is 0 Å². The second-order valence-corrected chi connectivity index (χ2v) is 10.0. The van der Waals surface area contributed by atoms with Crippen molar-refractivity contribution in [2.24, 2.45) is 0 Å². The Kier molecular flexibility index (Phi) is 5.55. The molecule has 4 aromatic rings. The molecule has 194 valence electrons. The zero-order valence-corrected chi connectivity index (χ0v) is 19.7. The Bertz CT molecular complexity index is 1530. The normalized spacial score (nSPS) is 32.1. The third-order valence-electron chi connectivity index (χ3n) is 7.74. The van der Waals surface area contributed by atoms with E-state index in [2.05, 4.69) is 4.98 Å². The minimum absolute atomic E-state index is 0.0270. The number of fused-ring (bicyclic) bond motifs is 4. The van der Waals surface area contributed by atoms with Gasteiger partial charge in [0, 0.05) is 6.42 Å². The van der Waals surface area contributed by atoms with Crippen LogP contribution in [0.1, 0.15) is 25.0 Å². The Morgan fingerprint density at radius 3 is 2.46 bits per heavy atom. The molecule has 6 atom stereocenters. The molecule has 10 heteroatoms. The highest BCUT2D eigenvalue weighted by Crippen LogP contribution is 2.47. The van der Waals surface area contributed by atoms with E-state index in [-0.39, 0.29) is 30.7 Å². The molecule has 37 heavy (non-hydrogen) atoms. The summed E-state index contributed by atoms with van der Waals surface area (Å²) in [6, 6.07) is 15.4. The molecular formula is C27H27NO9. The molecule has 1 aliphatic carbocycles. The second kappa shape index (κ2) is 8.47. The summed E-state index contributed by atoms with van der Waals surface area (Å²) < 4.78 is 11.1. The molecule has 0 bridgehead atoms. The third-order valence-corrected chi connectivity index (χ3v) is 7.74. The van der Waals surface area contributed by atoms with Gasteiger partial charge >= 0.3 is 5.97 Å². The number of aromatic amines is 1. The summed E-state index contributed by atoms with van der Waals surface area (Å²) in [5.74, 6) is -3.80. The molecule has 1 aromatic heterocycles. The lowest BCUT2D eigenvalue weighted by molar-refractivity contribution is -0.314. The summed E-state index contributed by atoms with van der Waals surface area (Å²) in [6.45, 7) is -0.482. The van der Waals surface area contributed by atoms with Crippen LogP contribution >= 0.6 is 0 Å². The first kappa shape index (κ1) is 24.3. The van der Waals surface area contributed by atoms with Crippen LogP contribution < -0.4 is 4.74 Å². The van der Waals surface area contributed by atoms with Gasteiger partial charge in [-0.1, -0.05) is 30.3 Å². The lowest BCUT2D eigenvalue weighted by Gasteiger charge is -2.39. The van der Waals surface area contributed by atoms with Crippen molar-refractivity contribution in [3.8, 4) is 5.75 Å². The molecule has 1 saturated heterocycles. The van der Waals surface area contributed by atoms with Crippen molar-refractivity contribution in [1.82, 2.24) is 4.98 Å². The van der Waals surface area contributed by atoms with Crippen LogP contribution in [0.15, 0.2) is 48.5 Å². The average molecular weight is 510 g/mol. The van der Waals surface area contributed by atoms with E-state index < -0.39 is 48.4 Å². The average Bonchev–Trinajstić information content (AvgIpc) is 3.51. The van der Waals surface area contributed by atoms with Crippen molar-refractivity contribution in [2.75, 3.05) is 0 Å². The molecule has 1 saturated carbocycles. The largest absolute Gasteiger partial charge is 0.422 e. The molecule has 1 aliphatic heterocycles. The molecule has 3 aromatic carbocycles. The minimum Gasteiger partial charge on any atom is -0.422 e. The van der Waals surface area contributed by atoms with Crippen molar-refractivity contribution >= 4 is 38.4 Å². The molecule has 6 unspecified atom stereocenters. The molecular weight excluding hydrogens is 482 g/mol. The highest BCUT2D eigenvalue weighted by molar-refractivity contribution is 6.14. The molecule has 0 amide bonds. The van der Waals surface area contributed by atoms with Gasteiger partial charge in [0.05, 0.1) is 29.3 Å². The van der Waals surface area contributed by atoms with E-state index in [1.807, 2.05) is 42.5 Å². The van der Waals surface area contributed by atoms with Gasteiger partial charge < -0.3 is 45.1 Å². The number of aliphatic hydroxyl groups excluding tert-OH is 4. The first-order valence-electron chi connectivity index (χ1n) is 12.1. The van der Waals surface area contributed by atoms with Gasteiger partial charge in [-0.05, 0) is 52.6 Å². The molecule has 10 nitrogen and oxygen atoms in total. The highest BCUT2D eigenvalue weighted by Gasteiger charge is 2.67. The lowest BCUT2D eigenvalue weighted by atomic mass is 9.86. The van der Waals surface area contributed by atoms with E-state index in [9.17, 15) is 35.4 Å². The zero-order valence-electron chi connectivity index (χ0n) is 19.7. The van der Waals surface area contributed by atoms with Crippen molar-refractivity contribution in [3.05, 3.63) is 54.2 Å². The Labute approximate surface area is 210 Å². The number of esters is 1. The lowest BCUT2D eigenvalue weighted by Crippen LogP contribution is -2.60. The highest BCUT2D eigenvalue weighted by atomic mass is 16.7. The number of H-pyrrole nitrogens is 1. The number of benzene rings is 3. The van der Waals surface area contributed by atoms with Crippen LogP contribution in [0.4, 0.5) is 0 Å². The third kappa shape index (κ3) is 3.57. The van der Waals surface area contributed by atoms with Crippen LogP contribution in [0, 0.1) is 0 Å². The smallest absolute Gasteiger partial charge is 0.343 e. The second-order valence-electron chi connectivity index (χ2n) is 10.0. The molecule has 7 N–H and O–H groups in total. The molecule has 0 spiro atoms. The predicted molar refractivity (Wildman–Crippen MR) is 132 cm³/mol. The van der Waals surface area contributed by atoms with Gasteiger partial charge in [-0.2, -0.15) is 0 Å². The summed E-state index contributed by atoms with van der Waals surface area (Å²) in [6.07, 6.45) is -6.98. The van der Waals surface area contributed by atoms with Gasteiger partial charge in [-0.25, -0.2) is 4.79 Å². The monoisotopic (exact) mass is 509 g/mol. The number of carbonyl (C=O) groups excluding carboxylic acids is 1. The Hall–Kier alpha value is -3.09. The first-order valence-corrected chi connectivity index (χ1v) is 12.1. The summed E-state index contributed by atoms with van der Waals surface area (Å²) in [4.78, 5) is 16.3. The maximum Gasteiger partial charge on any atom is 0.343 e. The van der Waals surface area contributed by atoms with Gasteiger partial charge in [0.25, 0.3) is 0 Å². The van der Waals surface area contributed by atoms with Crippen LogP contribution in [-0.2, 0) is 16.1 Å². The van der Waals surface area contributed by atoms with Crippen LogP contribution in [0.5, 0.6) is 5.75 Å². The molecule has 0 radical (unpaired) electrons. The quantitative estimate of drug-likeness (QED) is 0.156. The Morgan fingerprint density at radius 1 is 1.05 bits per heavy atom. The number of rotatable bonds is 4. The standard InChI is InChI=1S/C27H27NO9/c29-12-19-22(20-17-10-14-4-2-1-3-13(14)9-15(17)5-6-18(20)28-19)36-25(33)23-21(31)24(32)27(35,37-23)26(34)8-7-16(30)11-26/h1-6,9-10,16,21,23-24,28-32,34-35H,7-8,11-12H2. The van der Waals surface area contributed by atoms with Crippen molar-refractivity contribution < 1.29 is 44.9 Å². The van der Waals surface area contributed by atoms with Crippen molar-refractivity contribution in [2.45, 2.75) is 61.7 Å². The number of hydrogen-bond donors (Lipinski definition) is 7. The molecule has 6 rings (SSSR count). The number of aliphatic hydroxyl groups is 6. The van der Waals surface area contributed by atoms with E-state index in [0.717, 1.165) is 21.5 Å². The van der Waals surface area contributed by atoms with Gasteiger partial charge in [0.1, 0.15) is 17.8 Å². The summed E-state index contributed by atoms with van der Waals surface area (Å²) in [7, 11) is 0. The van der Waals surface area contributed by atoms with E-state index in [4.69, 9.17) is 9.47 Å². The SMILES string of the molecule is O=C(Oc1c(CO)[nH]c2ccc3cc4ccccc4cc3c12)C1OC(O)(C2(O)CCC(O)C2)C(O)C1O. The van der Waals surface area contributed by atoms with Crippen LogP contribution in [0.2, 0.25) is 0 Å². The number of hydrogen-bond acceptors (Lipinski definition) is 9. The van der Waals surface area contributed by atoms with Gasteiger partial charge in [-0.3, -0.25) is 0 Å². The summed E-state index contributed by atoms with van der Waals surface area (Å²) in [5.41, 5.74) is -1.26. The van der Waals surface area contributed by atoms with Crippen LogP contribution in [0.3, 0.4) is 0 Å². The number of nitrogens with one attached hydrogen (secondary N) is 1. The molecule has 2 fully saturated rings. The number of ether oxygens (including phenoxy) is 2. The molecule has 2 aliphatic rings. The maximum atomic E-state index is 13.2. The summed E-state index contributed by atoms with van der Waals surface area (Å²) in [5, 5.41) is 67.1. The van der Waals surface area contributed by atoms with Gasteiger partial charge in [0.2, 0.25) is 5.79 Å². The summed E-state index contributed by atoms with van der Waals surface area (Å²) >= 11 is 0. The predicted octanol–water partition coefficient (Wildman–Crippen LogP) is 0.957. The van der Waals surface area contributed by atoms with E-state index >= 15 is 0 Å². The Balaban J connectivity index is 1.39. The van der Waals surface area contributed by atoms with E-state index in [1.54, 1.807) is 6.07 Å². The van der Waals surface area contributed by atoms with E-state index in [0.29, 0.717) is 10.9 Å². The van der Waals surface area contributed by atoms with Crippen molar-refractivity contribution in [3.63, 3.8) is 0 Å². The topological polar surface area (TPSA) is 173 Å². The first-order chi connectivity index (χ1) is 17.6. The Morgan fingerprint density at radius 2 is 1.78 bits per heavy atom. The fraction of sp³-hybridized carbons (Fsp3) is 0.370. The molecule has 2 heterocycles. The zero-order chi connectivity index (χ0) is 26.1. The fourth-order valence-electron chi connectivity index (χ4n) is 5.74. The van der Waals surface area contributed by atoms with Crippen LogP contribution in [-0.4, -0.2) is 77.4 Å². The minimum atomic E-state index is -2.70. The fourth-order valence-corrected chi connectivity index (χ4v) is 5.74. The maximum absolute atomic E-state index is 13.2. The number of aromatic nitrogens is 1. The van der Waals surface area contributed by atoms with Gasteiger partial charge in [-0.15, -0.1) is 0 Å².